The molecule has 0 saturated carbocycles. The Labute approximate surface area is 190 Å². The predicted octanol–water partition coefficient (Wildman–Crippen LogP) is 4.85. The van der Waals surface area contributed by atoms with E-state index in [4.69, 9.17) is 0 Å². The fourth-order valence-corrected chi connectivity index (χ4v) is 4.07. The quantitative estimate of drug-likeness (QED) is 0.393. The molecule has 0 aliphatic heterocycles. The third-order valence-corrected chi connectivity index (χ3v) is 6.04. The monoisotopic (exact) mass is 446 g/mol. The van der Waals surface area contributed by atoms with Crippen LogP contribution >= 0.6 is 11.8 Å². The van der Waals surface area contributed by atoms with Crippen molar-refractivity contribution in [1.82, 2.24) is 20.1 Å². The fraction of sp³-hybridized carbons (Fsp3) is 0.160. The van der Waals surface area contributed by atoms with E-state index in [0.29, 0.717) is 24.1 Å². The Bertz CT molecular complexity index is 1190. The molecule has 0 bridgehead atoms. The van der Waals surface area contributed by atoms with Gasteiger partial charge in [-0.2, -0.15) is 0 Å². The predicted molar refractivity (Wildman–Crippen MR) is 125 cm³/mol. The third-order valence-electron chi connectivity index (χ3n) is 5.07. The molecule has 0 saturated heterocycles. The molecule has 4 rings (SSSR count). The topological polar surface area (TPSA) is 59.8 Å². The minimum atomic E-state index is -0.303. The summed E-state index contributed by atoms with van der Waals surface area (Å²) in [6, 6.07) is 24.1. The number of nitrogens with one attached hydrogen (secondary N) is 1. The van der Waals surface area contributed by atoms with Crippen molar-refractivity contribution in [1.29, 1.82) is 0 Å². The summed E-state index contributed by atoms with van der Waals surface area (Å²) in [5.41, 5.74) is 4.09. The minimum absolute atomic E-state index is 0.0733. The molecule has 0 aliphatic carbocycles. The average molecular weight is 447 g/mol. The first-order valence-corrected chi connectivity index (χ1v) is 11.3. The molecular formula is C25H23FN4OS. The van der Waals surface area contributed by atoms with Crippen molar-refractivity contribution in [2.24, 2.45) is 0 Å². The molecule has 162 valence electrons. The normalized spacial score (nSPS) is 10.8. The number of thioether (sulfide) groups is 1. The number of aryl methyl sites for hydroxylation is 1. The Morgan fingerprint density at radius 2 is 1.69 bits per heavy atom. The van der Waals surface area contributed by atoms with Crippen molar-refractivity contribution in [3.8, 4) is 11.4 Å². The molecule has 0 atom stereocenters. The van der Waals surface area contributed by atoms with Gasteiger partial charge in [-0.3, -0.25) is 9.36 Å². The third kappa shape index (κ3) is 5.42. The zero-order valence-corrected chi connectivity index (χ0v) is 18.5. The second-order valence-corrected chi connectivity index (χ2v) is 8.32. The molecule has 1 aromatic heterocycles. The van der Waals surface area contributed by atoms with Crippen LogP contribution in [0, 0.1) is 12.7 Å². The van der Waals surface area contributed by atoms with Gasteiger partial charge in [0.05, 0.1) is 12.3 Å². The maximum Gasteiger partial charge on any atom is 0.230 e. The Kier molecular flexibility index (Phi) is 6.97. The molecule has 1 N–H and O–H groups in total. The summed E-state index contributed by atoms with van der Waals surface area (Å²) in [5, 5.41) is 12.3. The molecule has 7 heteroatoms. The van der Waals surface area contributed by atoms with E-state index in [2.05, 4.69) is 15.5 Å². The Morgan fingerprint density at radius 1 is 0.969 bits per heavy atom. The van der Waals surface area contributed by atoms with Crippen LogP contribution in [-0.4, -0.2) is 26.4 Å². The summed E-state index contributed by atoms with van der Waals surface area (Å²) >= 11 is 1.34. The van der Waals surface area contributed by atoms with Crippen molar-refractivity contribution >= 4 is 17.7 Å². The summed E-state index contributed by atoms with van der Waals surface area (Å²) in [6.07, 6.45) is 0. The standard InChI is InChI=1S/C25H23FN4OS/c1-18-7-5-6-10-21(18)15-27-23(31)17-32-25-29-28-24(20-11-13-22(26)14-12-20)30(25)16-19-8-3-2-4-9-19/h2-14H,15-17H2,1H3,(H,27,31). The molecule has 0 radical (unpaired) electrons. The van der Waals surface area contributed by atoms with Gasteiger partial charge in [0.1, 0.15) is 5.82 Å². The van der Waals surface area contributed by atoms with E-state index in [1.165, 1.54) is 23.9 Å². The number of amides is 1. The second kappa shape index (κ2) is 10.2. The number of aromatic nitrogens is 3. The maximum atomic E-state index is 13.4. The van der Waals surface area contributed by atoms with E-state index in [9.17, 15) is 9.18 Å². The van der Waals surface area contributed by atoms with E-state index >= 15 is 0 Å². The Balaban J connectivity index is 1.49. The van der Waals surface area contributed by atoms with Gasteiger partial charge < -0.3 is 5.32 Å². The molecular weight excluding hydrogens is 423 g/mol. The number of benzene rings is 3. The zero-order chi connectivity index (χ0) is 22.3. The molecule has 5 nitrogen and oxygen atoms in total. The van der Waals surface area contributed by atoms with Crippen LogP contribution in [-0.2, 0) is 17.9 Å². The Hall–Kier alpha value is -3.45. The van der Waals surface area contributed by atoms with Crippen molar-refractivity contribution in [2.45, 2.75) is 25.2 Å². The van der Waals surface area contributed by atoms with Gasteiger partial charge in [0, 0.05) is 12.1 Å². The number of hydrogen-bond acceptors (Lipinski definition) is 4. The van der Waals surface area contributed by atoms with Crippen molar-refractivity contribution in [2.75, 3.05) is 5.75 Å². The lowest BCUT2D eigenvalue weighted by Crippen LogP contribution is -2.25. The van der Waals surface area contributed by atoms with Gasteiger partial charge in [0.25, 0.3) is 0 Å². The number of halogens is 1. The van der Waals surface area contributed by atoms with Crippen LogP contribution in [0.5, 0.6) is 0 Å². The maximum absolute atomic E-state index is 13.4. The van der Waals surface area contributed by atoms with E-state index < -0.39 is 0 Å². The second-order valence-electron chi connectivity index (χ2n) is 7.38. The molecule has 4 aromatic rings. The van der Waals surface area contributed by atoms with Gasteiger partial charge >= 0.3 is 0 Å². The van der Waals surface area contributed by atoms with Gasteiger partial charge in [-0.05, 0) is 47.9 Å². The van der Waals surface area contributed by atoms with E-state index in [-0.39, 0.29) is 17.5 Å². The molecule has 3 aromatic carbocycles. The SMILES string of the molecule is Cc1ccccc1CNC(=O)CSc1nnc(-c2ccc(F)cc2)n1Cc1ccccc1. The molecule has 1 heterocycles. The number of nitrogens with zero attached hydrogens (tertiary/aromatic N) is 3. The number of carbonyl (C=O) groups excluding carboxylic acids is 1. The Morgan fingerprint density at radius 3 is 2.44 bits per heavy atom. The number of carbonyl (C=O) groups is 1. The van der Waals surface area contributed by atoms with Gasteiger partial charge in [-0.25, -0.2) is 4.39 Å². The van der Waals surface area contributed by atoms with Crippen LogP contribution in [0.25, 0.3) is 11.4 Å². The molecule has 0 spiro atoms. The van der Waals surface area contributed by atoms with Crippen LogP contribution in [0.3, 0.4) is 0 Å². The lowest BCUT2D eigenvalue weighted by atomic mass is 10.1. The average Bonchev–Trinajstić information content (AvgIpc) is 3.20. The zero-order valence-electron chi connectivity index (χ0n) is 17.7. The van der Waals surface area contributed by atoms with E-state index in [0.717, 1.165) is 22.3 Å². The van der Waals surface area contributed by atoms with Crippen molar-refractivity contribution in [3.05, 3.63) is 101 Å². The summed E-state index contributed by atoms with van der Waals surface area (Å²) in [6.45, 7) is 3.07. The largest absolute Gasteiger partial charge is 0.351 e. The number of hydrogen-bond donors (Lipinski definition) is 1. The first-order chi connectivity index (χ1) is 15.6. The van der Waals surface area contributed by atoms with Crippen LogP contribution in [0.15, 0.2) is 84.0 Å². The van der Waals surface area contributed by atoms with Crippen molar-refractivity contribution < 1.29 is 9.18 Å². The molecule has 0 aliphatic rings. The first-order valence-electron chi connectivity index (χ1n) is 10.3. The van der Waals surface area contributed by atoms with Crippen molar-refractivity contribution in [3.63, 3.8) is 0 Å². The highest BCUT2D eigenvalue weighted by molar-refractivity contribution is 7.99. The van der Waals surface area contributed by atoms with Gasteiger partial charge in [0.15, 0.2) is 11.0 Å². The van der Waals surface area contributed by atoms with Gasteiger partial charge in [-0.15, -0.1) is 10.2 Å². The lowest BCUT2D eigenvalue weighted by molar-refractivity contribution is -0.118. The first kappa shape index (κ1) is 21.8. The van der Waals surface area contributed by atoms with Gasteiger partial charge in [-0.1, -0.05) is 66.4 Å². The van der Waals surface area contributed by atoms with Crippen LogP contribution in [0.4, 0.5) is 4.39 Å². The highest BCUT2D eigenvalue weighted by Crippen LogP contribution is 2.25. The van der Waals surface area contributed by atoms with Crippen LogP contribution in [0.1, 0.15) is 16.7 Å². The van der Waals surface area contributed by atoms with Crippen LogP contribution in [0.2, 0.25) is 0 Å². The summed E-state index contributed by atoms with van der Waals surface area (Å²) in [7, 11) is 0. The fourth-order valence-electron chi connectivity index (χ4n) is 3.30. The summed E-state index contributed by atoms with van der Waals surface area (Å²) < 4.78 is 15.4. The minimum Gasteiger partial charge on any atom is -0.351 e. The lowest BCUT2D eigenvalue weighted by Gasteiger charge is -2.11. The highest BCUT2D eigenvalue weighted by Gasteiger charge is 2.16. The summed E-state index contributed by atoms with van der Waals surface area (Å²) in [5.74, 6) is 0.484. The van der Waals surface area contributed by atoms with Gasteiger partial charge in [0.2, 0.25) is 5.91 Å². The molecule has 32 heavy (non-hydrogen) atoms. The van der Waals surface area contributed by atoms with E-state index in [1.54, 1.807) is 12.1 Å². The summed E-state index contributed by atoms with van der Waals surface area (Å²) in [4.78, 5) is 12.5. The molecule has 1 amide bonds. The smallest absolute Gasteiger partial charge is 0.230 e. The van der Waals surface area contributed by atoms with E-state index in [1.807, 2.05) is 66.1 Å². The molecule has 0 fully saturated rings. The molecule has 0 unspecified atom stereocenters. The van der Waals surface area contributed by atoms with Crippen LogP contribution < -0.4 is 5.32 Å². The number of rotatable bonds is 8. The highest BCUT2D eigenvalue weighted by atomic mass is 32.2.